The molecule has 0 radical (unpaired) electrons. The average Bonchev–Trinajstić information content (AvgIpc) is 3.44. The smallest absolute Gasteiger partial charge is 0.344 e. The van der Waals surface area contributed by atoms with Crippen LogP contribution >= 0.6 is 0 Å². The molecule has 5 rings (SSSR count). The number of para-hydroxylation sites is 1. The van der Waals surface area contributed by atoms with Crippen molar-refractivity contribution in [2.24, 2.45) is 0 Å². The molecule has 0 saturated heterocycles. The Morgan fingerprint density at radius 1 is 0.962 bits per heavy atom. The molecule has 0 aromatic heterocycles. The fourth-order valence-corrected chi connectivity index (χ4v) is 7.41. The van der Waals surface area contributed by atoms with Crippen LogP contribution in [-0.4, -0.2) is 54.9 Å². The van der Waals surface area contributed by atoms with E-state index in [0.29, 0.717) is 24.2 Å². The molecule has 12 heteroatoms. The summed E-state index contributed by atoms with van der Waals surface area (Å²) in [4.78, 5) is 15.2. The van der Waals surface area contributed by atoms with Gasteiger partial charge >= 0.3 is 10.6 Å². The van der Waals surface area contributed by atoms with Gasteiger partial charge in [-0.2, -0.15) is 13.0 Å². The molecular formula is C40H44N3O7S2+. The van der Waals surface area contributed by atoms with E-state index in [1.54, 1.807) is 18.2 Å². The van der Waals surface area contributed by atoms with Gasteiger partial charge in [0.2, 0.25) is 11.6 Å². The maximum atomic E-state index is 13.1. The largest absolute Gasteiger partial charge is 0.425 e. The molecule has 2 N–H and O–H groups in total. The molecule has 0 fully saturated rings. The Balaban J connectivity index is 0.00000144. The zero-order valence-corrected chi connectivity index (χ0v) is 31.8. The summed E-state index contributed by atoms with van der Waals surface area (Å²) >= 11 is 0. The second kappa shape index (κ2) is 16.1. The molecule has 3 aromatic carbocycles. The van der Waals surface area contributed by atoms with E-state index in [1.807, 2.05) is 18.2 Å². The summed E-state index contributed by atoms with van der Waals surface area (Å²) in [6, 6.07) is 20.5. The Morgan fingerprint density at radius 2 is 1.65 bits per heavy atom. The number of nitrogens with one attached hydrogen (secondary N) is 1. The number of anilines is 2. The molecule has 0 saturated carbocycles. The second-order valence-corrected chi connectivity index (χ2v) is 15.2. The number of terminal acetylenes is 1. The van der Waals surface area contributed by atoms with Crippen molar-refractivity contribution in [1.82, 2.24) is 0 Å². The maximum Gasteiger partial charge on any atom is 0.425 e. The van der Waals surface area contributed by atoms with Gasteiger partial charge < -0.3 is 10.2 Å². The van der Waals surface area contributed by atoms with Gasteiger partial charge in [0, 0.05) is 58.7 Å². The van der Waals surface area contributed by atoms with E-state index < -0.39 is 26.1 Å². The van der Waals surface area contributed by atoms with Gasteiger partial charge in [0.15, 0.2) is 5.71 Å². The first-order valence-corrected chi connectivity index (χ1v) is 19.3. The van der Waals surface area contributed by atoms with Crippen LogP contribution in [0.25, 0.3) is 0 Å². The van der Waals surface area contributed by atoms with Gasteiger partial charge in [0.25, 0.3) is 10.1 Å². The number of amides is 1. The molecule has 10 nitrogen and oxygen atoms in total. The van der Waals surface area contributed by atoms with Crippen molar-refractivity contribution in [2.45, 2.75) is 70.1 Å². The Hall–Kier alpha value is -5.09. The van der Waals surface area contributed by atoms with Gasteiger partial charge in [-0.15, -0.1) is 19.1 Å². The summed E-state index contributed by atoms with van der Waals surface area (Å²) in [6.45, 7) is 14.3. The molecule has 0 aliphatic carbocycles. The normalized spacial score (nSPS) is 16.6. The third-order valence-electron chi connectivity index (χ3n) is 9.46. The number of fused-ring (bicyclic) bond motifs is 2. The predicted octanol–water partition coefficient (Wildman–Crippen LogP) is 6.91. The molecule has 1 amide bonds. The summed E-state index contributed by atoms with van der Waals surface area (Å²) < 4.78 is 61.4. The lowest BCUT2D eigenvalue weighted by molar-refractivity contribution is -0.433. The Labute approximate surface area is 308 Å². The quantitative estimate of drug-likeness (QED) is 0.0989. The standard InChI is InChI=1S/C40H43N3O4S.O3S/c1-8-28-14-13-15-30(26-28)41-38(44)25-20-29(18-23-36-39(4,5)32-16-11-12-17-34(32)42(36)9-2)19-24-37-40(6,7)33-27-31(48(45,46)47)21-22-35(33)43(37)10-3;1-4(2)3/h1,11-19,21-24,26-27H,9-10,20,25H2,2-7H3,(H-,41,44,45,46,47);/p+1. The third kappa shape index (κ3) is 8.67. The number of hydrogen-bond donors (Lipinski definition) is 2. The van der Waals surface area contributed by atoms with E-state index in [2.05, 4.69) is 111 Å². The number of nitrogens with zero attached hydrogens (tertiary/aromatic N) is 2. The Kier molecular flexibility index (Phi) is 12.3. The van der Waals surface area contributed by atoms with Crippen LogP contribution in [-0.2, 0) is 36.4 Å². The summed E-state index contributed by atoms with van der Waals surface area (Å²) in [5.74, 6) is 2.49. The van der Waals surface area contributed by atoms with E-state index in [4.69, 9.17) is 19.1 Å². The number of likely N-dealkylation sites (N-methyl/N-ethyl adjacent to an activating group) is 1. The first-order chi connectivity index (χ1) is 24.4. The molecule has 2 heterocycles. The van der Waals surface area contributed by atoms with Crippen molar-refractivity contribution in [3.05, 3.63) is 119 Å². The zero-order chi connectivity index (χ0) is 38.4. The molecule has 3 aromatic rings. The topological polar surface area (TPSA) is 141 Å². The number of carbonyl (C=O) groups excluding carboxylic acids is 1. The van der Waals surface area contributed by atoms with Crippen LogP contribution in [0.4, 0.5) is 17.1 Å². The van der Waals surface area contributed by atoms with Crippen LogP contribution in [0.3, 0.4) is 0 Å². The van der Waals surface area contributed by atoms with Crippen molar-refractivity contribution < 1.29 is 35.0 Å². The van der Waals surface area contributed by atoms with Gasteiger partial charge in [-0.3, -0.25) is 9.35 Å². The van der Waals surface area contributed by atoms with Gasteiger partial charge in [0.1, 0.15) is 6.54 Å². The first kappa shape index (κ1) is 39.7. The highest BCUT2D eigenvalue weighted by Gasteiger charge is 2.43. The van der Waals surface area contributed by atoms with Crippen LogP contribution in [0.5, 0.6) is 0 Å². The maximum absolute atomic E-state index is 13.1. The zero-order valence-electron chi connectivity index (χ0n) is 30.2. The van der Waals surface area contributed by atoms with Gasteiger partial charge in [-0.25, -0.2) is 0 Å². The van der Waals surface area contributed by atoms with Crippen molar-refractivity contribution in [3.63, 3.8) is 0 Å². The van der Waals surface area contributed by atoms with E-state index in [1.165, 1.54) is 23.0 Å². The summed E-state index contributed by atoms with van der Waals surface area (Å²) in [5, 5.41) is 2.97. The number of allylic oxidation sites excluding steroid dienone is 6. The van der Waals surface area contributed by atoms with E-state index in [0.717, 1.165) is 29.1 Å². The lowest BCUT2D eigenvalue weighted by atomic mass is 9.81. The molecule has 2 aliphatic heterocycles. The molecule has 52 heavy (non-hydrogen) atoms. The summed E-state index contributed by atoms with van der Waals surface area (Å²) in [6.07, 6.45) is 14.7. The van der Waals surface area contributed by atoms with Crippen LogP contribution in [0.2, 0.25) is 0 Å². The van der Waals surface area contributed by atoms with Gasteiger partial charge in [-0.1, -0.05) is 56.2 Å². The molecule has 0 spiro atoms. The van der Waals surface area contributed by atoms with Crippen molar-refractivity contribution in [2.75, 3.05) is 23.3 Å². The predicted molar refractivity (Wildman–Crippen MR) is 204 cm³/mol. The number of hydrogen-bond acceptors (Lipinski definition) is 7. The van der Waals surface area contributed by atoms with Crippen LogP contribution in [0, 0.1) is 12.3 Å². The average molecular weight is 743 g/mol. The number of rotatable bonds is 10. The van der Waals surface area contributed by atoms with Crippen molar-refractivity contribution in [1.29, 1.82) is 0 Å². The monoisotopic (exact) mass is 742 g/mol. The number of carbonyl (C=O) groups is 1. The van der Waals surface area contributed by atoms with Gasteiger partial charge in [-0.05, 0) is 87.7 Å². The third-order valence-corrected chi connectivity index (χ3v) is 10.3. The van der Waals surface area contributed by atoms with Crippen molar-refractivity contribution >= 4 is 49.4 Å². The summed E-state index contributed by atoms with van der Waals surface area (Å²) in [7, 11) is -7.46. The van der Waals surface area contributed by atoms with Crippen LogP contribution in [0.15, 0.2) is 107 Å². The minimum atomic E-state index is -4.35. The molecule has 272 valence electrons. The fraction of sp³-hybridized carbons (Fsp3) is 0.300. The highest BCUT2D eigenvalue weighted by atomic mass is 32.2. The highest BCUT2D eigenvalue weighted by Crippen LogP contribution is 2.48. The molecule has 2 aliphatic rings. The van der Waals surface area contributed by atoms with Crippen molar-refractivity contribution in [3.8, 4) is 12.3 Å². The van der Waals surface area contributed by atoms with E-state index in [9.17, 15) is 17.8 Å². The first-order valence-electron chi connectivity index (χ1n) is 16.8. The minimum Gasteiger partial charge on any atom is -0.344 e. The van der Waals surface area contributed by atoms with Crippen LogP contribution < -0.4 is 10.2 Å². The Bertz CT molecular complexity index is 2270. The lowest BCUT2D eigenvalue weighted by Gasteiger charge is -2.26. The molecule has 0 bridgehead atoms. The Morgan fingerprint density at radius 3 is 2.29 bits per heavy atom. The van der Waals surface area contributed by atoms with E-state index >= 15 is 0 Å². The molecule has 0 atom stereocenters. The summed E-state index contributed by atoms with van der Waals surface area (Å²) in [5.41, 5.74) is 7.96. The van der Waals surface area contributed by atoms with E-state index in [-0.39, 0.29) is 22.6 Å². The fourth-order valence-electron chi connectivity index (χ4n) is 6.90. The number of benzene rings is 3. The lowest BCUT2D eigenvalue weighted by Crippen LogP contribution is -2.27. The minimum absolute atomic E-state index is 0.117. The highest BCUT2D eigenvalue weighted by molar-refractivity contribution is 7.85. The molecule has 0 unspecified atom stereocenters. The second-order valence-electron chi connectivity index (χ2n) is 13.4. The molecular weight excluding hydrogens is 699 g/mol. The van der Waals surface area contributed by atoms with Gasteiger partial charge in [0.05, 0.1) is 10.3 Å². The van der Waals surface area contributed by atoms with Crippen LogP contribution in [0.1, 0.15) is 71.1 Å². The SMILES string of the molecule is C#Cc1cccc(NC(=O)CCC(C=CC2=[N+](CC)c3ccccc3C2(C)C)=CC=C2N(CC)c3ccc(S(=O)(=O)O)cc3C2(C)C)c1.O=S(=O)=O.